The number of carbonyl (C=O) groups is 1. The maximum atomic E-state index is 10.9. The minimum absolute atomic E-state index is 0.195. The zero-order valence-corrected chi connectivity index (χ0v) is 9.53. The fourth-order valence-corrected chi connectivity index (χ4v) is 1.90. The molecular formula is C12H15NO3. The predicted molar refractivity (Wildman–Crippen MR) is 56.8 cm³/mol. The fraction of sp³-hybridized carbons (Fsp3) is 0.417. The van der Waals surface area contributed by atoms with E-state index < -0.39 is 6.09 Å². The Balaban J connectivity index is 2.29. The second-order valence-electron chi connectivity index (χ2n) is 4.61. The largest absolute Gasteiger partial charge is 0.498 e. The van der Waals surface area contributed by atoms with Gasteiger partial charge in [-0.1, -0.05) is 12.1 Å². The molecule has 4 nitrogen and oxygen atoms in total. The van der Waals surface area contributed by atoms with E-state index in [0.29, 0.717) is 13.2 Å². The van der Waals surface area contributed by atoms with Gasteiger partial charge in [-0.2, -0.15) is 0 Å². The summed E-state index contributed by atoms with van der Waals surface area (Å²) in [5.41, 5.74) is 2.10. The number of ether oxygens (including phenoxy) is 1. The molecule has 0 atom stereocenters. The summed E-state index contributed by atoms with van der Waals surface area (Å²) < 4.78 is 5.34. The SMILES string of the molecule is C[N+](C)(Cc1cccc2c1OCC2)C(=O)[O-]. The second-order valence-corrected chi connectivity index (χ2v) is 4.61. The molecule has 0 fully saturated rings. The molecule has 1 amide bonds. The van der Waals surface area contributed by atoms with E-state index in [0.717, 1.165) is 23.3 Å². The van der Waals surface area contributed by atoms with E-state index in [1.807, 2.05) is 18.2 Å². The Morgan fingerprint density at radius 3 is 2.94 bits per heavy atom. The minimum Gasteiger partial charge on any atom is -0.498 e. The van der Waals surface area contributed by atoms with Crippen molar-refractivity contribution in [2.75, 3.05) is 20.7 Å². The summed E-state index contributed by atoms with van der Waals surface area (Å²) in [5.74, 6) is 0.856. The van der Waals surface area contributed by atoms with E-state index in [9.17, 15) is 9.90 Å². The van der Waals surface area contributed by atoms with Crippen molar-refractivity contribution in [1.29, 1.82) is 0 Å². The van der Waals surface area contributed by atoms with Crippen molar-refractivity contribution < 1.29 is 19.1 Å². The molecule has 0 saturated carbocycles. The first-order chi connectivity index (χ1) is 7.50. The van der Waals surface area contributed by atoms with Gasteiger partial charge in [-0.25, -0.2) is 0 Å². The number of fused-ring (bicyclic) bond motifs is 1. The standard InChI is InChI=1S/C12H15NO3/c1-13(2,12(14)15)8-10-5-3-4-9-6-7-16-11(9)10/h3-5H,6-8H2,1-2H3. The molecule has 2 rings (SSSR count). The highest BCUT2D eigenvalue weighted by molar-refractivity contribution is 5.54. The summed E-state index contributed by atoms with van der Waals surface area (Å²) in [7, 11) is 3.23. The lowest BCUT2D eigenvalue weighted by molar-refractivity contribution is -0.851. The third-order valence-corrected chi connectivity index (χ3v) is 2.86. The first kappa shape index (κ1) is 11.0. The quantitative estimate of drug-likeness (QED) is 0.685. The zero-order chi connectivity index (χ0) is 11.8. The van der Waals surface area contributed by atoms with Crippen LogP contribution in [-0.4, -0.2) is 31.3 Å². The van der Waals surface area contributed by atoms with Crippen LogP contribution in [0.3, 0.4) is 0 Å². The van der Waals surface area contributed by atoms with Crippen molar-refractivity contribution >= 4 is 6.09 Å². The Hall–Kier alpha value is -1.55. The molecule has 0 aliphatic carbocycles. The van der Waals surface area contributed by atoms with Gasteiger partial charge in [0.2, 0.25) is 0 Å². The van der Waals surface area contributed by atoms with Gasteiger partial charge in [-0.3, -0.25) is 4.48 Å². The van der Waals surface area contributed by atoms with Crippen LogP contribution in [0.15, 0.2) is 18.2 Å². The number of rotatable bonds is 2. The third kappa shape index (κ3) is 1.88. The van der Waals surface area contributed by atoms with E-state index in [-0.39, 0.29) is 4.48 Å². The number of carbonyl (C=O) groups excluding carboxylic acids is 1. The van der Waals surface area contributed by atoms with E-state index in [1.165, 1.54) is 0 Å². The molecule has 16 heavy (non-hydrogen) atoms. The number of nitrogens with zero attached hydrogens (tertiary/aromatic N) is 1. The van der Waals surface area contributed by atoms with Crippen LogP contribution in [0.1, 0.15) is 11.1 Å². The molecule has 0 unspecified atom stereocenters. The lowest BCUT2D eigenvalue weighted by atomic mass is 10.1. The first-order valence-electron chi connectivity index (χ1n) is 5.29. The molecule has 4 heteroatoms. The van der Waals surface area contributed by atoms with Gasteiger partial charge in [0.15, 0.2) is 0 Å². The number of hydrogen-bond acceptors (Lipinski definition) is 3. The van der Waals surface area contributed by atoms with Gasteiger partial charge < -0.3 is 14.6 Å². The second kappa shape index (κ2) is 3.79. The summed E-state index contributed by atoms with van der Waals surface area (Å²) in [4.78, 5) is 10.9. The molecule has 0 bridgehead atoms. The Labute approximate surface area is 94.7 Å². The monoisotopic (exact) mass is 221 g/mol. The molecule has 1 aromatic carbocycles. The van der Waals surface area contributed by atoms with Crippen molar-refractivity contribution in [2.24, 2.45) is 0 Å². The van der Waals surface area contributed by atoms with E-state index in [4.69, 9.17) is 4.74 Å². The van der Waals surface area contributed by atoms with Gasteiger partial charge in [0, 0.05) is 12.0 Å². The molecule has 0 N–H and O–H groups in total. The number of quaternary nitrogens is 1. The minimum atomic E-state index is -1.09. The zero-order valence-electron chi connectivity index (χ0n) is 9.53. The summed E-state index contributed by atoms with van der Waals surface area (Å²) in [6.07, 6.45) is -0.183. The van der Waals surface area contributed by atoms with Gasteiger partial charge >= 0.3 is 0 Å². The van der Waals surface area contributed by atoms with Gasteiger partial charge in [-0.15, -0.1) is 0 Å². The molecule has 0 aromatic heterocycles. The van der Waals surface area contributed by atoms with Gasteiger partial charge in [-0.05, 0) is 11.6 Å². The smallest absolute Gasteiger partial charge is 0.257 e. The van der Waals surface area contributed by atoms with Gasteiger partial charge in [0.1, 0.15) is 12.3 Å². The van der Waals surface area contributed by atoms with Crippen LogP contribution in [0.5, 0.6) is 5.75 Å². The van der Waals surface area contributed by atoms with E-state index >= 15 is 0 Å². The Kier molecular flexibility index (Phi) is 2.59. The van der Waals surface area contributed by atoms with Crippen LogP contribution in [0.25, 0.3) is 0 Å². The summed E-state index contributed by atoms with van der Waals surface area (Å²) in [6, 6.07) is 5.87. The lowest BCUT2D eigenvalue weighted by Gasteiger charge is -2.29. The number of benzene rings is 1. The number of carboxylic acid groups (broad SMARTS) is 1. The summed E-state index contributed by atoms with van der Waals surface area (Å²) >= 11 is 0. The number of hydrogen-bond donors (Lipinski definition) is 0. The van der Waals surface area contributed by atoms with Gasteiger partial charge in [0.05, 0.1) is 20.7 Å². The van der Waals surface area contributed by atoms with Crippen molar-refractivity contribution in [3.8, 4) is 5.75 Å². The predicted octanol–water partition coefficient (Wildman–Crippen LogP) is 0.541. The number of para-hydroxylation sites is 1. The normalized spacial score (nSPS) is 14.4. The highest BCUT2D eigenvalue weighted by Gasteiger charge is 2.24. The Morgan fingerprint density at radius 1 is 1.50 bits per heavy atom. The molecule has 0 radical (unpaired) electrons. The van der Waals surface area contributed by atoms with Crippen LogP contribution >= 0.6 is 0 Å². The van der Waals surface area contributed by atoms with Crippen LogP contribution < -0.4 is 9.84 Å². The van der Waals surface area contributed by atoms with Crippen LogP contribution in [0.4, 0.5) is 4.79 Å². The molecule has 1 aliphatic rings. The van der Waals surface area contributed by atoms with E-state index in [2.05, 4.69) is 0 Å². The van der Waals surface area contributed by atoms with Gasteiger partial charge in [0.25, 0.3) is 6.09 Å². The van der Waals surface area contributed by atoms with Crippen molar-refractivity contribution in [2.45, 2.75) is 13.0 Å². The molecule has 1 aliphatic heterocycles. The van der Waals surface area contributed by atoms with Crippen LogP contribution in [-0.2, 0) is 13.0 Å². The first-order valence-corrected chi connectivity index (χ1v) is 5.29. The highest BCUT2D eigenvalue weighted by Crippen LogP contribution is 2.30. The maximum Gasteiger partial charge on any atom is 0.257 e. The lowest BCUT2D eigenvalue weighted by Crippen LogP contribution is -2.52. The average Bonchev–Trinajstić information content (AvgIpc) is 2.65. The van der Waals surface area contributed by atoms with Crippen molar-refractivity contribution in [3.05, 3.63) is 29.3 Å². The van der Waals surface area contributed by atoms with E-state index in [1.54, 1.807) is 14.1 Å². The Morgan fingerprint density at radius 2 is 2.25 bits per heavy atom. The molecule has 1 aromatic rings. The Bertz CT molecular complexity index is 426. The topological polar surface area (TPSA) is 49.4 Å². The summed E-state index contributed by atoms with van der Waals surface area (Å²) in [6.45, 7) is 1.07. The molecule has 86 valence electrons. The highest BCUT2D eigenvalue weighted by atomic mass is 16.5. The molecular weight excluding hydrogens is 206 g/mol. The maximum absolute atomic E-state index is 10.9. The fourth-order valence-electron chi connectivity index (χ4n) is 1.90. The molecule has 1 heterocycles. The van der Waals surface area contributed by atoms with Crippen LogP contribution in [0.2, 0.25) is 0 Å². The van der Waals surface area contributed by atoms with Crippen LogP contribution in [0, 0.1) is 0 Å². The number of amides is 1. The summed E-state index contributed by atoms with van der Waals surface area (Å²) in [5, 5.41) is 10.9. The van der Waals surface area contributed by atoms with Crippen molar-refractivity contribution in [1.82, 2.24) is 0 Å². The third-order valence-electron chi connectivity index (χ3n) is 2.86. The van der Waals surface area contributed by atoms with Crippen molar-refractivity contribution in [3.63, 3.8) is 0 Å². The molecule has 0 spiro atoms. The average molecular weight is 221 g/mol. The molecule has 0 saturated heterocycles.